The average Bonchev–Trinajstić information content (AvgIpc) is 2.82. The zero-order valence-corrected chi connectivity index (χ0v) is 17.6. The number of rotatable bonds is 10. The maximum atomic E-state index is 12.2. The predicted octanol–water partition coefficient (Wildman–Crippen LogP) is 4.12. The van der Waals surface area contributed by atoms with Crippen LogP contribution in [0.1, 0.15) is 29.0 Å². The van der Waals surface area contributed by atoms with Gasteiger partial charge in [0, 0.05) is 12.5 Å². The SMILES string of the molecule is COC(=O)Cc1ccc(OCC(=O)NCCC(c2ccccc2)c2ccccc2)cc1. The number of methoxy groups -OCH3 is 1. The molecule has 5 nitrogen and oxygen atoms in total. The van der Waals surface area contributed by atoms with Crippen LogP contribution in [0.25, 0.3) is 0 Å². The van der Waals surface area contributed by atoms with Gasteiger partial charge in [-0.2, -0.15) is 0 Å². The Kier molecular flexibility index (Phi) is 8.23. The van der Waals surface area contributed by atoms with Gasteiger partial charge in [-0.1, -0.05) is 72.8 Å². The van der Waals surface area contributed by atoms with Crippen LogP contribution in [0.3, 0.4) is 0 Å². The number of hydrogen-bond acceptors (Lipinski definition) is 4. The third kappa shape index (κ3) is 7.00. The normalized spacial score (nSPS) is 10.5. The van der Waals surface area contributed by atoms with Crippen molar-refractivity contribution in [3.63, 3.8) is 0 Å². The number of carbonyl (C=O) groups excluding carboxylic acids is 2. The molecular formula is C26H27NO4. The van der Waals surface area contributed by atoms with Gasteiger partial charge in [-0.3, -0.25) is 9.59 Å². The quantitative estimate of drug-likeness (QED) is 0.504. The molecule has 0 atom stereocenters. The minimum atomic E-state index is -0.294. The molecule has 0 aliphatic carbocycles. The Balaban J connectivity index is 1.48. The van der Waals surface area contributed by atoms with Crippen LogP contribution in [0, 0.1) is 0 Å². The van der Waals surface area contributed by atoms with E-state index >= 15 is 0 Å². The molecule has 160 valence electrons. The molecule has 0 spiro atoms. The van der Waals surface area contributed by atoms with Crippen molar-refractivity contribution in [3.05, 3.63) is 102 Å². The van der Waals surface area contributed by atoms with E-state index < -0.39 is 0 Å². The van der Waals surface area contributed by atoms with Gasteiger partial charge < -0.3 is 14.8 Å². The van der Waals surface area contributed by atoms with Crippen molar-refractivity contribution in [3.8, 4) is 5.75 Å². The highest BCUT2D eigenvalue weighted by Crippen LogP contribution is 2.27. The minimum absolute atomic E-state index is 0.0578. The average molecular weight is 418 g/mol. The van der Waals surface area contributed by atoms with Gasteiger partial charge in [-0.15, -0.1) is 0 Å². The smallest absolute Gasteiger partial charge is 0.309 e. The van der Waals surface area contributed by atoms with E-state index in [4.69, 9.17) is 4.74 Å². The van der Waals surface area contributed by atoms with E-state index in [2.05, 4.69) is 34.3 Å². The van der Waals surface area contributed by atoms with Gasteiger partial charge in [0.15, 0.2) is 6.61 Å². The second-order valence-electron chi connectivity index (χ2n) is 7.20. The largest absolute Gasteiger partial charge is 0.484 e. The van der Waals surface area contributed by atoms with Crippen LogP contribution < -0.4 is 10.1 Å². The van der Waals surface area contributed by atoms with Crippen LogP contribution in [0.4, 0.5) is 0 Å². The summed E-state index contributed by atoms with van der Waals surface area (Å²) in [5, 5.41) is 2.94. The molecule has 0 saturated heterocycles. The second-order valence-corrected chi connectivity index (χ2v) is 7.20. The summed E-state index contributed by atoms with van der Waals surface area (Å²) in [5.41, 5.74) is 3.29. The Morgan fingerprint density at radius 1 is 0.839 bits per heavy atom. The van der Waals surface area contributed by atoms with E-state index in [9.17, 15) is 9.59 Å². The van der Waals surface area contributed by atoms with E-state index in [0.29, 0.717) is 12.3 Å². The molecule has 0 fully saturated rings. The molecule has 1 amide bonds. The molecule has 3 aromatic carbocycles. The lowest BCUT2D eigenvalue weighted by Gasteiger charge is -2.18. The van der Waals surface area contributed by atoms with E-state index in [-0.39, 0.29) is 30.8 Å². The van der Waals surface area contributed by atoms with Gasteiger partial charge in [-0.25, -0.2) is 0 Å². The summed E-state index contributed by atoms with van der Waals surface area (Å²) < 4.78 is 10.2. The molecule has 31 heavy (non-hydrogen) atoms. The van der Waals surface area contributed by atoms with Gasteiger partial charge in [0.05, 0.1) is 13.5 Å². The third-order valence-electron chi connectivity index (χ3n) is 5.03. The summed E-state index contributed by atoms with van der Waals surface area (Å²) >= 11 is 0. The van der Waals surface area contributed by atoms with E-state index in [0.717, 1.165) is 12.0 Å². The fourth-order valence-electron chi connectivity index (χ4n) is 3.39. The molecule has 0 heterocycles. The monoisotopic (exact) mass is 417 g/mol. The number of ether oxygens (including phenoxy) is 2. The van der Waals surface area contributed by atoms with Gasteiger partial charge in [0.2, 0.25) is 0 Å². The Morgan fingerprint density at radius 3 is 1.97 bits per heavy atom. The highest BCUT2D eigenvalue weighted by molar-refractivity contribution is 5.77. The van der Waals surface area contributed by atoms with Gasteiger partial charge in [-0.05, 0) is 35.2 Å². The Labute approximate surface area is 183 Å². The highest BCUT2D eigenvalue weighted by Gasteiger charge is 2.14. The van der Waals surface area contributed by atoms with E-state index in [1.165, 1.54) is 18.2 Å². The first kappa shape index (κ1) is 22.1. The number of nitrogens with one attached hydrogen (secondary N) is 1. The summed E-state index contributed by atoms with van der Waals surface area (Å²) in [6, 6.07) is 27.7. The molecule has 1 N–H and O–H groups in total. The van der Waals surface area contributed by atoms with Crippen LogP contribution in [0.5, 0.6) is 5.75 Å². The van der Waals surface area contributed by atoms with Crippen molar-refractivity contribution >= 4 is 11.9 Å². The molecule has 0 saturated carbocycles. The van der Waals surface area contributed by atoms with Crippen molar-refractivity contribution in [2.45, 2.75) is 18.8 Å². The first-order valence-corrected chi connectivity index (χ1v) is 10.3. The Morgan fingerprint density at radius 2 is 1.42 bits per heavy atom. The lowest BCUT2D eigenvalue weighted by atomic mass is 9.88. The number of esters is 1. The van der Waals surface area contributed by atoms with Crippen molar-refractivity contribution in [1.29, 1.82) is 0 Å². The standard InChI is InChI=1S/C26H27NO4/c1-30-26(29)18-20-12-14-23(15-13-20)31-19-25(28)27-17-16-24(21-8-4-2-5-9-21)22-10-6-3-7-11-22/h2-15,24H,16-19H2,1H3,(H,27,28). The molecular weight excluding hydrogens is 390 g/mol. The lowest BCUT2D eigenvalue weighted by molar-refractivity contribution is -0.139. The van der Waals surface area contributed by atoms with Crippen LogP contribution >= 0.6 is 0 Å². The molecule has 3 rings (SSSR count). The summed E-state index contributed by atoms with van der Waals surface area (Å²) in [5.74, 6) is 0.331. The maximum absolute atomic E-state index is 12.2. The fourth-order valence-corrected chi connectivity index (χ4v) is 3.39. The zero-order valence-electron chi connectivity index (χ0n) is 17.6. The van der Waals surface area contributed by atoms with Crippen LogP contribution in [-0.2, 0) is 20.7 Å². The second kappa shape index (κ2) is 11.6. The van der Waals surface area contributed by atoms with Crippen LogP contribution in [0.2, 0.25) is 0 Å². The van der Waals surface area contributed by atoms with Crippen molar-refractivity contribution in [2.75, 3.05) is 20.3 Å². The van der Waals surface area contributed by atoms with Crippen molar-refractivity contribution < 1.29 is 19.1 Å². The Hall–Kier alpha value is -3.60. The molecule has 3 aromatic rings. The van der Waals surface area contributed by atoms with Crippen molar-refractivity contribution in [1.82, 2.24) is 5.32 Å². The number of benzene rings is 3. The zero-order chi connectivity index (χ0) is 21.9. The Bertz CT molecular complexity index is 916. The van der Waals surface area contributed by atoms with Gasteiger partial charge >= 0.3 is 5.97 Å². The number of hydrogen-bond donors (Lipinski definition) is 1. The maximum Gasteiger partial charge on any atom is 0.309 e. The molecule has 0 unspecified atom stereocenters. The molecule has 0 aromatic heterocycles. The van der Waals surface area contributed by atoms with Crippen molar-refractivity contribution in [2.24, 2.45) is 0 Å². The number of carbonyl (C=O) groups is 2. The van der Waals surface area contributed by atoms with Gasteiger partial charge in [0.25, 0.3) is 5.91 Å². The first-order valence-electron chi connectivity index (χ1n) is 10.3. The van der Waals surface area contributed by atoms with Crippen LogP contribution in [0.15, 0.2) is 84.9 Å². The first-order chi connectivity index (χ1) is 15.2. The summed E-state index contributed by atoms with van der Waals surface area (Å²) in [4.78, 5) is 23.5. The molecule has 5 heteroatoms. The minimum Gasteiger partial charge on any atom is -0.484 e. The van der Waals surface area contributed by atoms with E-state index in [1.54, 1.807) is 24.3 Å². The summed E-state index contributed by atoms with van der Waals surface area (Å²) in [7, 11) is 1.36. The van der Waals surface area contributed by atoms with E-state index in [1.807, 2.05) is 36.4 Å². The third-order valence-corrected chi connectivity index (χ3v) is 5.03. The fraction of sp³-hybridized carbons (Fsp3) is 0.231. The molecule has 0 bridgehead atoms. The molecule has 0 aliphatic heterocycles. The summed E-state index contributed by atoms with van der Waals surface area (Å²) in [6.45, 7) is 0.492. The van der Waals surface area contributed by atoms with Crippen LogP contribution in [-0.4, -0.2) is 32.1 Å². The summed E-state index contributed by atoms with van der Waals surface area (Å²) in [6.07, 6.45) is 1.00. The number of amides is 1. The topological polar surface area (TPSA) is 64.6 Å². The molecule has 0 radical (unpaired) electrons. The lowest BCUT2D eigenvalue weighted by Crippen LogP contribution is -2.30. The molecule has 0 aliphatic rings. The van der Waals surface area contributed by atoms with Gasteiger partial charge in [0.1, 0.15) is 5.75 Å². The highest BCUT2D eigenvalue weighted by atomic mass is 16.5. The predicted molar refractivity (Wildman–Crippen MR) is 120 cm³/mol.